The number of rotatable bonds is 8. The Morgan fingerprint density at radius 3 is 2.48 bits per heavy atom. The smallest absolute Gasteiger partial charge is 0.244 e. The second kappa shape index (κ2) is 11.0. The molecule has 1 saturated carbocycles. The molecule has 178 valence electrons. The van der Waals surface area contributed by atoms with Crippen LogP contribution >= 0.6 is 0 Å². The summed E-state index contributed by atoms with van der Waals surface area (Å²) in [5.74, 6) is 1.39. The molecule has 4 rings (SSSR count). The zero-order valence-electron chi connectivity index (χ0n) is 20.2. The molecule has 6 heteroatoms. The van der Waals surface area contributed by atoms with Crippen LogP contribution in [0.2, 0.25) is 0 Å². The van der Waals surface area contributed by atoms with E-state index in [4.69, 9.17) is 0 Å². The molecule has 6 nitrogen and oxygen atoms in total. The predicted octanol–water partition coefficient (Wildman–Crippen LogP) is 4.08. The van der Waals surface area contributed by atoms with Gasteiger partial charge in [-0.15, -0.1) is 0 Å². The first-order valence-electron chi connectivity index (χ1n) is 12.6. The number of carbonyl (C=O) groups excluding carboxylic acids is 2. The molecule has 2 heterocycles. The van der Waals surface area contributed by atoms with Crippen LogP contribution in [0.4, 0.5) is 0 Å². The highest BCUT2D eigenvalue weighted by molar-refractivity contribution is 5.77. The van der Waals surface area contributed by atoms with Gasteiger partial charge in [-0.25, -0.2) is 0 Å². The lowest BCUT2D eigenvalue weighted by molar-refractivity contribution is -0.137. The summed E-state index contributed by atoms with van der Waals surface area (Å²) in [5.41, 5.74) is 2.56. The molecule has 0 radical (unpaired) electrons. The van der Waals surface area contributed by atoms with E-state index in [-0.39, 0.29) is 18.5 Å². The summed E-state index contributed by atoms with van der Waals surface area (Å²) in [6.45, 7) is 4.01. The number of nitrogens with zero attached hydrogens (tertiary/aromatic N) is 4. The van der Waals surface area contributed by atoms with Gasteiger partial charge < -0.3 is 9.80 Å². The van der Waals surface area contributed by atoms with Crippen LogP contribution in [0.25, 0.3) is 0 Å². The van der Waals surface area contributed by atoms with Crippen LogP contribution in [-0.2, 0) is 22.6 Å². The average molecular weight is 451 g/mol. The molecule has 1 aromatic carbocycles. The summed E-state index contributed by atoms with van der Waals surface area (Å²) in [7, 11) is 1.94. The van der Waals surface area contributed by atoms with Crippen LogP contribution in [-0.4, -0.2) is 57.6 Å². The van der Waals surface area contributed by atoms with Gasteiger partial charge in [0.15, 0.2) is 0 Å². The average Bonchev–Trinajstić information content (AvgIpc) is 3.53. The van der Waals surface area contributed by atoms with Gasteiger partial charge in [0, 0.05) is 45.0 Å². The van der Waals surface area contributed by atoms with Crippen molar-refractivity contribution in [2.24, 2.45) is 11.8 Å². The number of likely N-dealkylation sites (N-methyl/N-ethyl adjacent to an activating group) is 1. The standard InChI is InChI=1S/C27H38N4O2/c1-21-8-3-6-11-24(21)19-25(29(2)27(33)20-31-15-7-14-28-31)23-12-16-30(17-13-23)26(32)18-22-9-4-5-10-22/h3,6-8,11,14-15,22-23,25H,4-5,9-10,12-13,16-20H2,1-2H3. The fraction of sp³-hybridized carbons (Fsp3) is 0.593. The van der Waals surface area contributed by atoms with E-state index in [9.17, 15) is 9.59 Å². The van der Waals surface area contributed by atoms with Crippen LogP contribution in [0.1, 0.15) is 56.1 Å². The van der Waals surface area contributed by atoms with Gasteiger partial charge in [0.2, 0.25) is 11.8 Å². The normalized spacial score (nSPS) is 18.4. The highest BCUT2D eigenvalue weighted by atomic mass is 16.2. The third kappa shape index (κ3) is 6.04. The number of likely N-dealkylation sites (tertiary alicyclic amines) is 1. The van der Waals surface area contributed by atoms with Crippen molar-refractivity contribution >= 4 is 11.8 Å². The van der Waals surface area contributed by atoms with E-state index in [2.05, 4.69) is 41.2 Å². The van der Waals surface area contributed by atoms with Gasteiger partial charge in [-0.3, -0.25) is 14.3 Å². The zero-order valence-corrected chi connectivity index (χ0v) is 20.2. The van der Waals surface area contributed by atoms with Gasteiger partial charge in [-0.1, -0.05) is 37.1 Å². The van der Waals surface area contributed by atoms with Crippen LogP contribution < -0.4 is 0 Å². The second-order valence-electron chi connectivity index (χ2n) is 9.98. The van der Waals surface area contributed by atoms with Crippen molar-refractivity contribution in [2.75, 3.05) is 20.1 Å². The van der Waals surface area contributed by atoms with E-state index in [0.717, 1.165) is 38.8 Å². The van der Waals surface area contributed by atoms with E-state index in [1.54, 1.807) is 10.9 Å². The Bertz CT molecular complexity index is 912. The molecule has 0 bridgehead atoms. The first kappa shape index (κ1) is 23.5. The summed E-state index contributed by atoms with van der Waals surface area (Å²) < 4.78 is 1.69. The molecule has 2 fully saturated rings. The highest BCUT2D eigenvalue weighted by Gasteiger charge is 2.33. The molecule has 1 aliphatic heterocycles. The zero-order chi connectivity index (χ0) is 23.2. The summed E-state index contributed by atoms with van der Waals surface area (Å²) in [6.07, 6.45) is 12.0. The maximum atomic E-state index is 13.1. The quantitative estimate of drug-likeness (QED) is 0.609. The highest BCUT2D eigenvalue weighted by Crippen LogP contribution is 2.31. The third-order valence-electron chi connectivity index (χ3n) is 7.81. The van der Waals surface area contributed by atoms with E-state index in [1.807, 2.05) is 24.2 Å². The minimum absolute atomic E-state index is 0.0806. The Kier molecular flexibility index (Phi) is 7.84. The van der Waals surface area contributed by atoms with E-state index >= 15 is 0 Å². The summed E-state index contributed by atoms with van der Waals surface area (Å²) in [6, 6.07) is 10.4. The molecule has 0 spiro atoms. The van der Waals surface area contributed by atoms with E-state index in [0.29, 0.717) is 17.7 Å². The van der Waals surface area contributed by atoms with Crippen molar-refractivity contribution in [3.8, 4) is 0 Å². The molecule has 2 aromatic rings. The molecule has 2 amide bonds. The first-order chi connectivity index (χ1) is 16.0. The van der Waals surface area contributed by atoms with Crippen LogP contribution in [0, 0.1) is 18.8 Å². The van der Waals surface area contributed by atoms with Crippen molar-refractivity contribution in [3.63, 3.8) is 0 Å². The van der Waals surface area contributed by atoms with Crippen molar-refractivity contribution in [1.29, 1.82) is 0 Å². The Balaban J connectivity index is 1.42. The van der Waals surface area contributed by atoms with Crippen molar-refractivity contribution in [3.05, 3.63) is 53.9 Å². The van der Waals surface area contributed by atoms with Crippen LogP contribution in [0.3, 0.4) is 0 Å². The molecule has 1 aliphatic carbocycles. The molecule has 1 atom stereocenters. The summed E-state index contributed by atoms with van der Waals surface area (Å²) in [4.78, 5) is 30.0. The van der Waals surface area contributed by atoms with Gasteiger partial charge in [-0.05, 0) is 68.1 Å². The largest absolute Gasteiger partial charge is 0.343 e. The summed E-state index contributed by atoms with van der Waals surface area (Å²) >= 11 is 0. The van der Waals surface area contributed by atoms with E-state index in [1.165, 1.54) is 36.8 Å². The molecule has 0 N–H and O–H groups in total. The number of hydrogen-bond donors (Lipinski definition) is 0. The van der Waals surface area contributed by atoms with Gasteiger partial charge >= 0.3 is 0 Å². The van der Waals surface area contributed by atoms with Crippen LogP contribution in [0.5, 0.6) is 0 Å². The lowest BCUT2D eigenvalue weighted by Gasteiger charge is -2.40. The first-order valence-corrected chi connectivity index (χ1v) is 12.6. The SMILES string of the molecule is Cc1ccccc1CC(C1CCN(C(=O)CC2CCCC2)CC1)N(C)C(=O)Cn1cccn1. The van der Waals surface area contributed by atoms with Crippen molar-refractivity contribution in [1.82, 2.24) is 19.6 Å². The molecular formula is C27H38N4O2. The number of amides is 2. The topological polar surface area (TPSA) is 58.4 Å². The Labute approximate surface area is 197 Å². The lowest BCUT2D eigenvalue weighted by Crippen LogP contribution is -2.49. The number of piperidine rings is 1. The second-order valence-corrected chi connectivity index (χ2v) is 9.98. The number of carbonyl (C=O) groups is 2. The van der Waals surface area contributed by atoms with Crippen molar-refractivity contribution < 1.29 is 9.59 Å². The molecule has 33 heavy (non-hydrogen) atoms. The Morgan fingerprint density at radius 1 is 1.09 bits per heavy atom. The minimum Gasteiger partial charge on any atom is -0.343 e. The molecule has 1 saturated heterocycles. The maximum Gasteiger partial charge on any atom is 0.244 e. The van der Waals surface area contributed by atoms with Gasteiger partial charge in [0.05, 0.1) is 0 Å². The number of benzene rings is 1. The van der Waals surface area contributed by atoms with Gasteiger partial charge in [0.25, 0.3) is 0 Å². The number of aromatic nitrogens is 2. The maximum absolute atomic E-state index is 13.1. The number of aryl methyl sites for hydroxylation is 1. The van der Waals surface area contributed by atoms with Crippen LogP contribution in [0.15, 0.2) is 42.7 Å². The molecular weight excluding hydrogens is 412 g/mol. The Morgan fingerprint density at radius 2 is 1.82 bits per heavy atom. The molecule has 2 aliphatic rings. The monoisotopic (exact) mass is 450 g/mol. The van der Waals surface area contributed by atoms with Crippen molar-refractivity contribution in [2.45, 2.75) is 70.9 Å². The Hall–Kier alpha value is -2.63. The third-order valence-corrected chi connectivity index (χ3v) is 7.81. The number of hydrogen-bond acceptors (Lipinski definition) is 3. The fourth-order valence-corrected chi connectivity index (χ4v) is 5.64. The van der Waals surface area contributed by atoms with Gasteiger partial charge in [-0.2, -0.15) is 5.10 Å². The minimum atomic E-state index is 0.0806. The molecule has 1 unspecified atom stereocenters. The predicted molar refractivity (Wildman–Crippen MR) is 130 cm³/mol. The van der Waals surface area contributed by atoms with Gasteiger partial charge in [0.1, 0.15) is 6.54 Å². The summed E-state index contributed by atoms with van der Waals surface area (Å²) in [5, 5.41) is 4.20. The van der Waals surface area contributed by atoms with E-state index < -0.39 is 0 Å². The fourth-order valence-electron chi connectivity index (χ4n) is 5.64. The molecule has 1 aromatic heterocycles. The lowest BCUT2D eigenvalue weighted by atomic mass is 9.84.